The van der Waals surface area contributed by atoms with E-state index in [0.717, 1.165) is 27.6 Å². The lowest BCUT2D eigenvalue weighted by atomic mass is 10.3. The van der Waals surface area contributed by atoms with Crippen molar-refractivity contribution in [2.75, 3.05) is 0 Å². The molecule has 0 radical (unpaired) electrons. The SMILES string of the molecule is C=C/C=C(\C=C/N)Sc1ccc(N=C(N)C=C(CC)NC(=C)N)cc1. The lowest BCUT2D eigenvalue weighted by Crippen LogP contribution is -2.20. The number of thioether (sulfide) groups is 1. The topological polar surface area (TPSA) is 102 Å². The van der Waals surface area contributed by atoms with Crippen LogP contribution >= 0.6 is 11.8 Å². The maximum atomic E-state index is 5.97. The highest BCUT2D eigenvalue weighted by molar-refractivity contribution is 8.03. The largest absolute Gasteiger partial charge is 0.405 e. The number of aliphatic imine (C=N–C) groups is 1. The summed E-state index contributed by atoms with van der Waals surface area (Å²) in [5.74, 6) is 0.765. The van der Waals surface area contributed by atoms with Crippen LogP contribution in [0.25, 0.3) is 0 Å². The summed E-state index contributed by atoms with van der Waals surface area (Å²) in [6, 6.07) is 7.76. The second-order valence-electron chi connectivity index (χ2n) is 4.97. The Labute approximate surface area is 153 Å². The van der Waals surface area contributed by atoms with Crippen molar-refractivity contribution in [2.45, 2.75) is 18.2 Å². The number of hydrogen-bond donors (Lipinski definition) is 4. The van der Waals surface area contributed by atoms with Crippen LogP contribution in [0.2, 0.25) is 0 Å². The van der Waals surface area contributed by atoms with Gasteiger partial charge in [0.2, 0.25) is 0 Å². The molecule has 0 fully saturated rings. The number of benzene rings is 1. The first-order valence-electron chi connectivity index (χ1n) is 7.73. The molecule has 0 atom stereocenters. The van der Waals surface area contributed by atoms with E-state index in [-0.39, 0.29) is 0 Å². The van der Waals surface area contributed by atoms with Crippen LogP contribution in [0.3, 0.4) is 0 Å². The Bertz CT molecular complexity index is 712. The van der Waals surface area contributed by atoms with Gasteiger partial charge in [0.15, 0.2) is 0 Å². The molecule has 0 aliphatic carbocycles. The molecule has 5 nitrogen and oxygen atoms in total. The molecule has 6 heteroatoms. The molecule has 0 spiro atoms. The summed E-state index contributed by atoms with van der Waals surface area (Å²) in [7, 11) is 0. The van der Waals surface area contributed by atoms with E-state index in [2.05, 4.69) is 23.5 Å². The zero-order chi connectivity index (χ0) is 18.7. The second kappa shape index (κ2) is 10.8. The summed E-state index contributed by atoms with van der Waals surface area (Å²) in [6.45, 7) is 9.30. The number of nitrogens with zero attached hydrogens (tertiary/aromatic N) is 1. The number of hydrogen-bond acceptors (Lipinski definition) is 5. The van der Waals surface area contributed by atoms with Crippen LogP contribution in [0.4, 0.5) is 5.69 Å². The van der Waals surface area contributed by atoms with Gasteiger partial charge in [-0.05, 0) is 55.1 Å². The van der Waals surface area contributed by atoms with Crippen LogP contribution in [0.5, 0.6) is 0 Å². The normalized spacial score (nSPS) is 13.1. The van der Waals surface area contributed by atoms with Gasteiger partial charge in [0.05, 0.1) is 11.5 Å². The van der Waals surface area contributed by atoms with E-state index in [1.165, 1.54) is 6.20 Å². The van der Waals surface area contributed by atoms with Gasteiger partial charge in [-0.1, -0.05) is 37.9 Å². The van der Waals surface area contributed by atoms with Crippen LogP contribution in [0.1, 0.15) is 13.3 Å². The molecule has 0 aliphatic rings. The van der Waals surface area contributed by atoms with Crippen molar-refractivity contribution in [3.8, 4) is 0 Å². The quantitative estimate of drug-likeness (QED) is 0.234. The predicted molar refractivity (Wildman–Crippen MR) is 110 cm³/mol. The van der Waals surface area contributed by atoms with E-state index in [1.54, 1.807) is 23.9 Å². The Kier molecular flexibility index (Phi) is 8.74. The molecule has 1 rings (SSSR count). The molecule has 0 saturated heterocycles. The fourth-order valence-corrected chi connectivity index (χ4v) is 2.71. The zero-order valence-corrected chi connectivity index (χ0v) is 15.2. The first-order valence-corrected chi connectivity index (χ1v) is 8.55. The molecular formula is C19H25N5S. The van der Waals surface area contributed by atoms with Gasteiger partial charge in [-0.3, -0.25) is 0 Å². The minimum absolute atomic E-state index is 0.372. The van der Waals surface area contributed by atoms with Crippen LogP contribution < -0.4 is 22.5 Å². The van der Waals surface area contributed by atoms with Gasteiger partial charge in [-0.25, -0.2) is 4.99 Å². The lowest BCUT2D eigenvalue weighted by Gasteiger charge is -2.07. The van der Waals surface area contributed by atoms with E-state index in [9.17, 15) is 0 Å². The van der Waals surface area contributed by atoms with Crippen LogP contribution in [0.15, 0.2) is 94.2 Å². The third-order valence-electron chi connectivity index (χ3n) is 2.90. The van der Waals surface area contributed by atoms with Crippen LogP contribution in [-0.4, -0.2) is 5.84 Å². The third-order valence-corrected chi connectivity index (χ3v) is 3.91. The van der Waals surface area contributed by atoms with Crippen molar-refractivity contribution in [1.29, 1.82) is 0 Å². The summed E-state index contributed by atoms with van der Waals surface area (Å²) < 4.78 is 0. The summed E-state index contributed by atoms with van der Waals surface area (Å²) in [5, 5.41) is 2.95. The maximum absolute atomic E-state index is 5.97. The molecule has 0 saturated carbocycles. The van der Waals surface area contributed by atoms with Crippen molar-refractivity contribution in [1.82, 2.24) is 5.32 Å². The fourth-order valence-electron chi connectivity index (χ4n) is 1.85. The molecule has 0 unspecified atom stereocenters. The Hall–Kier alpha value is -2.86. The second-order valence-corrected chi connectivity index (χ2v) is 6.12. The molecule has 0 bridgehead atoms. The number of amidine groups is 1. The molecule has 7 N–H and O–H groups in total. The smallest absolute Gasteiger partial charge is 0.125 e. The van der Waals surface area contributed by atoms with Gasteiger partial charge in [0.1, 0.15) is 5.84 Å². The van der Waals surface area contributed by atoms with Crippen LogP contribution in [-0.2, 0) is 0 Å². The molecule has 0 aromatic heterocycles. The number of nitrogens with one attached hydrogen (secondary N) is 1. The number of nitrogens with two attached hydrogens (primary N) is 3. The zero-order valence-electron chi connectivity index (χ0n) is 14.4. The van der Waals surface area contributed by atoms with Gasteiger partial charge < -0.3 is 22.5 Å². The van der Waals surface area contributed by atoms with E-state index in [1.807, 2.05) is 43.3 Å². The average Bonchev–Trinajstić information content (AvgIpc) is 2.56. The summed E-state index contributed by atoms with van der Waals surface area (Å²) in [4.78, 5) is 6.44. The molecule has 25 heavy (non-hydrogen) atoms. The fraction of sp³-hybridized carbons (Fsp3) is 0.105. The summed E-state index contributed by atoms with van der Waals surface area (Å²) in [5.41, 5.74) is 18.6. The molecule has 1 aromatic rings. The Morgan fingerprint density at radius 1 is 1.28 bits per heavy atom. The molecule has 0 amide bonds. The minimum Gasteiger partial charge on any atom is -0.405 e. The Morgan fingerprint density at radius 3 is 2.48 bits per heavy atom. The highest BCUT2D eigenvalue weighted by Crippen LogP contribution is 2.29. The van der Waals surface area contributed by atoms with Crippen molar-refractivity contribution < 1.29 is 0 Å². The third kappa shape index (κ3) is 7.99. The van der Waals surface area contributed by atoms with Crippen molar-refractivity contribution in [3.05, 3.63) is 84.4 Å². The number of rotatable bonds is 9. The summed E-state index contributed by atoms with van der Waals surface area (Å²) in [6.07, 6.45) is 9.44. The maximum Gasteiger partial charge on any atom is 0.125 e. The molecule has 0 heterocycles. The van der Waals surface area contributed by atoms with Crippen molar-refractivity contribution >= 4 is 23.3 Å². The Morgan fingerprint density at radius 2 is 1.96 bits per heavy atom. The van der Waals surface area contributed by atoms with Gasteiger partial charge in [-0.2, -0.15) is 0 Å². The van der Waals surface area contributed by atoms with Crippen molar-refractivity contribution in [3.63, 3.8) is 0 Å². The highest BCUT2D eigenvalue weighted by Gasteiger charge is 1.99. The van der Waals surface area contributed by atoms with Crippen molar-refractivity contribution in [2.24, 2.45) is 22.2 Å². The van der Waals surface area contributed by atoms with Gasteiger partial charge in [-0.15, -0.1) is 0 Å². The lowest BCUT2D eigenvalue weighted by molar-refractivity contribution is 0.884. The first-order chi connectivity index (χ1) is 12.0. The Balaban J connectivity index is 2.88. The molecular weight excluding hydrogens is 330 g/mol. The predicted octanol–water partition coefficient (Wildman–Crippen LogP) is 3.62. The van der Waals surface area contributed by atoms with E-state index >= 15 is 0 Å². The van der Waals surface area contributed by atoms with Gasteiger partial charge in [0.25, 0.3) is 0 Å². The van der Waals surface area contributed by atoms with E-state index in [0.29, 0.717) is 11.7 Å². The molecule has 132 valence electrons. The standard InChI is InChI=1S/C19H25N5S/c1-4-6-17(11-12-20)25-18-9-7-16(8-10-18)24-19(22)13-15(5-2)23-14(3)21/h4,6-13,23H,1,3,5,20-21H2,2H3,(H2,22,24)/b12-11-,15-13?,17-6+. The van der Waals surface area contributed by atoms with E-state index in [4.69, 9.17) is 17.2 Å². The summed E-state index contributed by atoms with van der Waals surface area (Å²) >= 11 is 1.58. The highest BCUT2D eigenvalue weighted by atomic mass is 32.2. The monoisotopic (exact) mass is 355 g/mol. The minimum atomic E-state index is 0.372. The van der Waals surface area contributed by atoms with E-state index < -0.39 is 0 Å². The molecule has 1 aromatic carbocycles. The first kappa shape index (κ1) is 20.2. The number of allylic oxidation sites excluding steroid dienone is 4. The average molecular weight is 356 g/mol. The van der Waals surface area contributed by atoms with Crippen LogP contribution in [0, 0.1) is 0 Å². The van der Waals surface area contributed by atoms with Gasteiger partial charge in [0, 0.05) is 15.5 Å². The van der Waals surface area contributed by atoms with Gasteiger partial charge >= 0.3 is 0 Å². The molecule has 0 aliphatic heterocycles.